The monoisotopic (exact) mass is 291 g/mol. The minimum atomic E-state index is -4.46. The summed E-state index contributed by atoms with van der Waals surface area (Å²) >= 11 is 0. The Balaban J connectivity index is 0.00000289. The summed E-state index contributed by atoms with van der Waals surface area (Å²) in [6.07, 6.45) is -4.44. The summed E-state index contributed by atoms with van der Waals surface area (Å²) in [6, 6.07) is 3.86. The maximum Gasteiger partial charge on any atom is 1.00 e. The molecule has 0 aliphatic heterocycles. The minimum absolute atomic E-state index is 0. The van der Waals surface area contributed by atoms with E-state index in [4.69, 9.17) is 0 Å². The van der Waals surface area contributed by atoms with Crippen molar-refractivity contribution >= 4 is 15.8 Å². The second kappa shape index (κ2) is 6.25. The zero-order valence-corrected chi connectivity index (χ0v) is 12.5. The molecule has 0 heterocycles. The van der Waals surface area contributed by atoms with Crippen molar-refractivity contribution in [3.05, 3.63) is 29.8 Å². The number of nitrogens with zero attached hydrogens (tertiary/aromatic N) is 1. The molecule has 0 aliphatic carbocycles. The fourth-order valence-corrected chi connectivity index (χ4v) is 1.84. The SMILES string of the molecule is CN(CS(=O)(=O)[O-])c1ccc(C(F)(F)F)cc1.[Na+]. The molecule has 0 fully saturated rings. The molecule has 0 atom stereocenters. The van der Waals surface area contributed by atoms with Gasteiger partial charge in [-0.3, -0.25) is 0 Å². The molecular formula is C9H9F3NNaO3S. The molecule has 0 aromatic heterocycles. The molecule has 0 saturated carbocycles. The van der Waals surface area contributed by atoms with Crippen LogP contribution in [0.25, 0.3) is 0 Å². The molecule has 9 heteroatoms. The van der Waals surface area contributed by atoms with Crippen molar-refractivity contribution in [2.45, 2.75) is 6.18 Å². The predicted molar refractivity (Wildman–Crippen MR) is 54.4 cm³/mol. The summed E-state index contributed by atoms with van der Waals surface area (Å²) in [5.41, 5.74) is -0.614. The summed E-state index contributed by atoms with van der Waals surface area (Å²) < 4.78 is 68.1. The molecule has 1 rings (SSSR count). The van der Waals surface area contributed by atoms with Gasteiger partial charge in [0.2, 0.25) is 0 Å². The van der Waals surface area contributed by atoms with Crippen molar-refractivity contribution in [2.75, 3.05) is 17.8 Å². The molecule has 96 valence electrons. The Hall–Kier alpha value is -0.280. The molecule has 0 amide bonds. The van der Waals surface area contributed by atoms with E-state index in [9.17, 15) is 26.1 Å². The Morgan fingerprint density at radius 3 is 2.00 bits per heavy atom. The van der Waals surface area contributed by atoms with Gasteiger partial charge in [0.15, 0.2) is 0 Å². The largest absolute Gasteiger partial charge is 1.00 e. The van der Waals surface area contributed by atoms with Crippen LogP contribution in [0.5, 0.6) is 0 Å². The van der Waals surface area contributed by atoms with Crippen LogP contribution in [0.4, 0.5) is 18.9 Å². The van der Waals surface area contributed by atoms with Crippen LogP contribution in [0.15, 0.2) is 24.3 Å². The van der Waals surface area contributed by atoms with E-state index < -0.39 is 27.7 Å². The van der Waals surface area contributed by atoms with Gasteiger partial charge in [0.1, 0.15) is 16.0 Å². The maximum atomic E-state index is 12.2. The zero-order chi connectivity index (χ0) is 13.3. The van der Waals surface area contributed by atoms with Crippen LogP contribution in [0.3, 0.4) is 0 Å². The van der Waals surface area contributed by atoms with Crippen LogP contribution in [-0.4, -0.2) is 25.9 Å². The molecule has 1 aromatic carbocycles. The van der Waals surface area contributed by atoms with Gasteiger partial charge >= 0.3 is 35.7 Å². The van der Waals surface area contributed by atoms with Gasteiger partial charge in [0.05, 0.1) is 5.56 Å². The summed E-state index contributed by atoms with van der Waals surface area (Å²) in [5.74, 6) is -0.793. The molecule has 0 radical (unpaired) electrons. The number of hydrogen-bond acceptors (Lipinski definition) is 4. The third kappa shape index (κ3) is 5.57. The fraction of sp³-hybridized carbons (Fsp3) is 0.333. The van der Waals surface area contributed by atoms with Crippen LogP contribution >= 0.6 is 0 Å². The van der Waals surface area contributed by atoms with Crippen molar-refractivity contribution in [3.8, 4) is 0 Å². The van der Waals surface area contributed by atoms with Crippen molar-refractivity contribution in [1.82, 2.24) is 0 Å². The predicted octanol–water partition coefficient (Wildman–Crippen LogP) is -1.35. The van der Waals surface area contributed by atoms with Gasteiger partial charge < -0.3 is 9.45 Å². The van der Waals surface area contributed by atoms with Crippen LogP contribution in [-0.2, 0) is 16.3 Å². The summed E-state index contributed by atoms with van der Waals surface area (Å²) in [5, 5.41) is 0. The first kappa shape index (κ1) is 17.7. The molecule has 1 aromatic rings. The third-order valence-corrected chi connectivity index (χ3v) is 2.69. The summed E-state index contributed by atoms with van der Waals surface area (Å²) in [4.78, 5) is 1.06. The molecule has 0 N–H and O–H groups in total. The van der Waals surface area contributed by atoms with Crippen LogP contribution < -0.4 is 34.5 Å². The maximum absolute atomic E-state index is 12.2. The Bertz CT molecular complexity index is 487. The van der Waals surface area contributed by atoms with Gasteiger partial charge in [-0.25, -0.2) is 8.42 Å². The van der Waals surface area contributed by atoms with Gasteiger partial charge in [-0.2, -0.15) is 13.2 Å². The van der Waals surface area contributed by atoms with Crippen LogP contribution in [0, 0.1) is 0 Å². The molecular weight excluding hydrogens is 282 g/mol. The van der Waals surface area contributed by atoms with E-state index in [0.717, 1.165) is 29.2 Å². The zero-order valence-electron chi connectivity index (χ0n) is 9.73. The first-order valence-electron chi connectivity index (χ1n) is 4.41. The second-order valence-corrected chi connectivity index (χ2v) is 4.80. The normalized spacial score (nSPS) is 11.8. The molecule has 0 saturated heterocycles. The van der Waals surface area contributed by atoms with Crippen molar-refractivity contribution in [1.29, 1.82) is 0 Å². The van der Waals surface area contributed by atoms with Crippen molar-refractivity contribution < 1.29 is 55.7 Å². The first-order chi connectivity index (χ1) is 7.59. The fourth-order valence-electron chi connectivity index (χ4n) is 1.22. The summed E-state index contributed by atoms with van der Waals surface area (Å²) in [6.45, 7) is 0. The number of benzene rings is 1. The van der Waals surface area contributed by atoms with Crippen molar-refractivity contribution in [2.24, 2.45) is 0 Å². The van der Waals surface area contributed by atoms with E-state index in [1.165, 1.54) is 7.05 Å². The molecule has 18 heavy (non-hydrogen) atoms. The quantitative estimate of drug-likeness (QED) is 0.510. The van der Waals surface area contributed by atoms with E-state index in [1.807, 2.05) is 0 Å². The molecule has 4 nitrogen and oxygen atoms in total. The minimum Gasteiger partial charge on any atom is -0.747 e. The van der Waals surface area contributed by atoms with Crippen molar-refractivity contribution in [3.63, 3.8) is 0 Å². The number of hydrogen-bond donors (Lipinski definition) is 0. The molecule has 0 bridgehead atoms. The standard InChI is InChI=1S/C9H10F3NO3S.Na/c1-13(6-17(14,15)16)8-4-2-7(3-5-8)9(10,11)12;/h2-5H,6H2,1H3,(H,14,15,16);/q;+1/p-1. The Kier molecular flexibility index (Phi) is 6.15. The Morgan fingerprint density at radius 2 is 1.67 bits per heavy atom. The number of rotatable bonds is 3. The Morgan fingerprint density at radius 1 is 1.22 bits per heavy atom. The van der Waals surface area contributed by atoms with E-state index in [1.54, 1.807) is 0 Å². The average molecular weight is 291 g/mol. The topological polar surface area (TPSA) is 60.4 Å². The first-order valence-corrected chi connectivity index (χ1v) is 5.99. The Labute approximate surface area is 125 Å². The molecule has 0 unspecified atom stereocenters. The van der Waals surface area contributed by atoms with Crippen LogP contribution in [0.1, 0.15) is 5.56 Å². The smallest absolute Gasteiger partial charge is 0.747 e. The number of anilines is 1. The van der Waals surface area contributed by atoms with E-state index in [2.05, 4.69) is 0 Å². The van der Waals surface area contributed by atoms with E-state index in [0.29, 0.717) is 0 Å². The van der Waals surface area contributed by atoms with E-state index >= 15 is 0 Å². The van der Waals surface area contributed by atoms with Gasteiger partial charge in [-0.05, 0) is 24.3 Å². The van der Waals surface area contributed by atoms with Gasteiger partial charge in [0, 0.05) is 12.7 Å². The second-order valence-electron chi connectivity index (χ2n) is 3.43. The van der Waals surface area contributed by atoms with Gasteiger partial charge in [0.25, 0.3) is 0 Å². The molecule has 0 aliphatic rings. The number of alkyl halides is 3. The summed E-state index contributed by atoms with van der Waals surface area (Å²) in [7, 11) is -3.15. The van der Waals surface area contributed by atoms with Gasteiger partial charge in [-0.1, -0.05) is 0 Å². The van der Waals surface area contributed by atoms with Gasteiger partial charge in [-0.15, -0.1) is 0 Å². The number of halogens is 3. The average Bonchev–Trinajstić information content (AvgIpc) is 2.14. The third-order valence-electron chi connectivity index (χ3n) is 1.99. The van der Waals surface area contributed by atoms with Crippen LogP contribution in [0.2, 0.25) is 0 Å². The molecule has 0 spiro atoms. The van der Waals surface area contributed by atoms with E-state index in [-0.39, 0.29) is 35.2 Å².